The zero-order valence-electron chi connectivity index (χ0n) is 10.2. The van der Waals surface area contributed by atoms with Crippen LogP contribution in [-0.2, 0) is 17.8 Å². The van der Waals surface area contributed by atoms with Gasteiger partial charge < -0.3 is 10.4 Å². The summed E-state index contributed by atoms with van der Waals surface area (Å²) in [5.74, 6) is 0.326. The first-order chi connectivity index (χ1) is 8.76. The maximum absolute atomic E-state index is 11.6. The maximum atomic E-state index is 11.6. The third-order valence-corrected chi connectivity index (χ3v) is 3.42. The molecular weight excluding hydrogens is 254 g/mol. The lowest BCUT2D eigenvalue weighted by Crippen LogP contribution is -2.31. The molecule has 2 N–H and O–H groups in total. The molecule has 0 fully saturated rings. The molecule has 1 atom stereocenters. The Hall–Kier alpha value is -1.07. The van der Waals surface area contributed by atoms with Crippen LogP contribution in [0.5, 0.6) is 0 Å². The van der Waals surface area contributed by atoms with Gasteiger partial charge in [0.1, 0.15) is 0 Å². The average Bonchev–Trinajstić information content (AvgIpc) is 2.75. The summed E-state index contributed by atoms with van der Waals surface area (Å²) in [6, 6.07) is 0.0388. The summed E-state index contributed by atoms with van der Waals surface area (Å²) >= 11 is 5.55. The van der Waals surface area contributed by atoms with E-state index >= 15 is 0 Å². The van der Waals surface area contributed by atoms with Gasteiger partial charge >= 0.3 is 0 Å². The van der Waals surface area contributed by atoms with Crippen LogP contribution in [0.2, 0.25) is 0 Å². The van der Waals surface area contributed by atoms with E-state index in [0.717, 1.165) is 30.5 Å². The maximum Gasteiger partial charge on any atom is 0.221 e. The quantitative estimate of drug-likeness (QED) is 0.785. The van der Waals surface area contributed by atoms with Crippen molar-refractivity contribution in [2.75, 3.05) is 12.5 Å². The number of aliphatic hydroxyl groups is 1. The van der Waals surface area contributed by atoms with Crippen LogP contribution in [-0.4, -0.2) is 33.3 Å². The Balaban J connectivity index is 2.10. The molecule has 5 nitrogen and oxygen atoms in total. The van der Waals surface area contributed by atoms with E-state index in [1.54, 1.807) is 6.20 Å². The number of rotatable bonds is 5. The number of hydrogen-bond donors (Lipinski definition) is 2. The third-order valence-electron chi connectivity index (χ3n) is 3.23. The van der Waals surface area contributed by atoms with E-state index in [1.165, 1.54) is 0 Å². The fourth-order valence-corrected chi connectivity index (χ4v) is 2.58. The predicted octanol–water partition coefficient (Wildman–Crippen LogP) is 0.998. The van der Waals surface area contributed by atoms with Crippen molar-refractivity contribution in [3.63, 3.8) is 0 Å². The molecule has 1 amide bonds. The number of aromatic nitrogens is 2. The Labute approximate surface area is 111 Å². The first kappa shape index (κ1) is 13.4. The number of nitrogens with one attached hydrogen (secondary N) is 1. The molecule has 1 aromatic rings. The van der Waals surface area contributed by atoms with E-state index < -0.39 is 0 Å². The van der Waals surface area contributed by atoms with Crippen LogP contribution in [0.3, 0.4) is 0 Å². The molecule has 2 rings (SSSR count). The Bertz CT molecular complexity index is 419. The zero-order valence-corrected chi connectivity index (χ0v) is 11.0. The SMILES string of the molecule is O=C(CCCl)NC1CCCc2c1cnn2CCO. The van der Waals surface area contributed by atoms with Crippen molar-refractivity contribution in [2.45, 2.75) is 38.3 Å². The summed E-state index contributed by atoms with van der Waals surface area (Å²) in [5.41, 5.74) is 2.21. The Morgan fingerprint density at radius 1 is 1.67 bits per heavy atom. The summed E-state index contributed by atoms with van der Waals surface area (Å²) in [6.07, 6.45) is 5.06. The number of hydrogen-bond acceptors (Lipinski definition) is 3. The number of aliphatic hydroxyl groups excluding tert-OH is 1. The molecule has 0 aromatic carbocycles. The Morgan fingerprint density at radius 2 is 2.50 bits per heavy atom. The van der Waals surface area contributed by atoms with E-state index in [1.807, 2.05) is 4.68 Å². The second kappa shape index (κ2) is 6.20. The number of carbonyl (C=O) groups is 1. The molecule has 0 radical (unpaired) electrons. The van der Waals surface area contributed by atoms with E-state index in [4.69, 9.17) is 16.7 Å². The molecule has 0 saturated carbocycles. The van der Waals surface area contributed by atoms with Crippen molar-refractivity contribution >= 4 is 17.5 Å². The topological polar surface area (TPSA) is 67.2 Å². The predicted molar refractivity (Wildman–Crippen MR) is 68.5 cm³/mol. The van der Waals surface area contributed by atoms with Crippen molar-refractivity contribution in [1.82, 2.24) is 15.1 Å². The molecule has 0 saturated heterocycles. The average molecular weight is 272 g/mol. The minimum atomic E-state index is -0.0160. The molecule has 0 bridgehead atoms. The van der Waals surface area contributed by atoms with Gasteiger partial charge in [-0.15, -0.1) is 11.6 Å². The van der Waals surface area contributed by atoms with Crippen LogP contribution < -0.4 is 5.32 Å². The van der Waals surface area contributed by atoms with Crippen molar-refractivity contribution in [2.24, 2.45) is 0 Å². The summed E-state index contributed by atoms with van der Waals surface area (Å²) < 4.78 is 1.83. The van der Waals surface area contributed by atoms with E-state index in [2.05, 4.69) is 10.4 Å². The van der Waals surface area contributed by atoms with Crippen LogP contribution >= 0.6 is 11.6 Å². The second-order valence-electron chi connectivity index (χ2n) is 4.44. The van der Waals surface area contributed by atoms with Gasteiger partial charge in [-0.25, -0.2) is 0 Å². The van der Waals surface area contributed by atoms with Gasteiger partial charge in [-0.2, -0.15) is 5.10 Å². The molecule has 1 aliphatic carbocycles. The lowest BCUT2D eigenvalue weighted by atomic mass is 9.93. The van der Waals surface area contributed by atoms with Gasteiger partial charge in [0.05, 0.1) is 25.4 Å². The molecule has 1 aromatic heterocycles. The molecule has 100 valence electrons. The highest BCUT2D eigenvalue weighted by atomic mass is 35.5. The summed E-state index contributed by atoms with van der Waals surface area (Å²) in [6.45, 7) is 0.592. The van der Waals surface area contributed by atoms with Gasteiger partial charge in [0.2, 0.25) is 5.91 Å². The summed E-state index contributed by atoms with van der Waals surface area (Å²) in [4.78, 5) is 11.6. The van der Waals surface area contributed by atoms with Gasteiger partial charge in [0.25, 0.3) is 0 Å². The molecule has 6 heteroatoms. The lowest BCUT2D eigenvalue weighted by Gasteiger charge is -2.24. The van der Waals surface area contributed by atoms with Crippen LogP contribution in [0.4, 0.5) is 0 Å². The monoisotopic (exact) mass is 271 g/mol. The number of fused-ring (bicyclic) bond motifs is 1. The molecule has 18 heavy (non-hydrogen) atoms. The number of nitrogens with zero attached hydrogens (tertiary/aromatic N) is 2. The number of amides is 1. The lowest BCUT2D eigenvalue weighted by molar-refractivity contribution is -0.121. The fourth-order valence-electron chi connectivity index (χ4n) is 2.41. The number of alkyl halides is 1. The van der Waals surface area contributed by atoms with Gasteiger partial charge in [0, 0.05) is 23.6 Å². The highest BCUT2D eigenvalue weighted by Crippen LogP contribution is 2.29. The normalized spacial score (nSPS) is 18.4. The van der Waals surface area contributed by atoms with E-state index in [9.17, 15) is 4.79 Å². The van der Waals surface area contributed by atoms with Crippen molar-refractivity contribution in [3.8, 4) is 0 Å². The molecular formula is C12H18ClN3O2. The highest BCUT2D eigenvalue weighted by molar-refractivity contribution is 6.18. The first-order valence-electron chi connectivity index (χ1n) is 6.27. The minimum absolute atomic E-state index is 0.0160. The Kier molecular flexibility index (Phi) is 4.60. The second-order valence-corrected chi connectivity index (χ2v) is 4.82. The van der Waals surface area contributed by atoms with Crippen LogP contribution in [0.25, 0.3) is 0 Å². The van der Waals surface area contributed by atoms with E-state index in [0.29, 0.717) is 18.8 Å². The van der Waals surface area contributed by atoms with Crippen molar-refractivity contribution in [3.05, 3.63) is 17.5 Å². The molecule has 0 aliphatic heterocycles. The first-order valence-corrected chi connectivity index (χ1v) is 6.80. The van der Waals surface area contributed by atoms with Gasteiger partial charge in [-0.05, 0) is 19.3 Å². The molecule has 1 heterocycles. The van der Waals surface area contributed by atoms with Crippen LogP contribution in [0.15, 0.2) is 6.20 Å². The van der Waals surface area contributed by atoms with E-state index in [-0.39, 0.29) is 18.6 Å². The minimum Gasteiger partial charge on any atom is -0.394 e. The largest absolute Gasteiger partial charge is 0.394 e. The molecule has 0 spiro atoms. The van der Waals surface area contributed by atoms with Crippen LogP contribution in [0, 0.1) is 0 Å². The molecule has 1 unspecified atom stereocenters. The van der Waals surface area contributed by atoms with Gasteiger partial charge in [0.15, 0.2) is 0 Å². The summed E-state index contributed by atoms with van der Waals surface area (Å²) in [5, 5.41) is 16.2. The number of halogens is 1. The zero-order chi connectivity index (χ0) is 13.0. The van der Waals surface area contributed by atoms with Gasteiger partial charge in [-0.1, -0.05) is 0 Å². The summed E-state index contributed by atoms with van der Waals surface area (Å²) in [7, 11) is 0. The van der Waals surface area contributed by atoms with Gasteiger partial charge in [-0.3, -0.25) is 9.48 Å². The Morgan fingerprint density at radius 3 is 3.22 bits per heavy atom. The number of carbonyl (C=O) groups excluding carboxylic acids is 1. The van der Waals surface area contributed by atoms with Crippen LogP contribution in [0.1, 0.15) is 36.6 Å². The van der Waals surface area contributed by atoms with Crippen molar-refractivity contribution < 1.29 is 9.90 Å². The molecule has 1 aliphatic rings. The van der Waals surface area contributed by atoms with Crippen molar-refractivity contribution in [1.29, 1.82) is 0 Å². The third kappa shape index (κ3) is 2.84. The standard InChI is InChI=1S/C12H18ClN3O2/c13-5-4-12(18)15-10-2-1-3-11-9(10)8-14-16(11)6-7-17/h8,10,17H,1-7H2,(H,15,18). The smallest absolute Gasteiger partial charge is 0.221 e. The highest BCUT2D eigenvalue weighted by Gasteiger charge is 2.25. The fraction of sp³-hybridized carbons (Fsp3) is 0.667.